The maximum atomic E-state index is 13.0. The normalized spacial score (nSPS) is 16.5. The van der Waals surface area contributed by atoms with Crippen LogP contribution in [-0.4, -0.2) is 19.6 Å². The first kappa shape index (κ1) is 20.3. The van der Waals surface area contributed by atoms with E-state index in [1.807, 2.05) is 20.8 Å². The van der Waals surface area contributed by atoms with Crippen LogP contribution in [0.2, 0.25) is 0 Å². The summed E-state index contributed by atoms with van der Waals surface area (Å²) in [7, 11) is -9.71. The van der Waals surface area contributed by atoms with Crippen molar-refractivity contribution in [2.75, 3.05) is 5.32 Å². The van der Waals surface area contributed by atoms with Crippen molar-refractivity contribution < 1.29 is 19.4 Å². The van der Waals surface area contributed by atoms with Crippen molar-refractivity contribution in [1.29, 1.82) is 0 Å². The molecule has 0 bridgehead atoms. The number of nitrogens with zero attached hydrogens (tertiary/aromatic N) is 4. The standard InChI is InChI=1S/C17H20F5N5S/c1-11-9-14(27-16(25-11)23-10-24-27)26-15(17(2,3)4)12-5-7-13(8-6-12)28(18,19,20,21)22/h5-10,15,26H,1-4H3/t15-/m0/s1. The molecular weight excluding hydrogens is 401 g/mol. The van der Waals surface area contributed by atoms with Gasteiger partial charge in [-0.2, -0.15) is 14.6 Å². The van der Waals surface area contributed by atoms with Gasteiger partial charge in [-0.3, -0.25) is 0 Å². The van der Waals surface area contributed by atoms with Gasteiger partial charge in [0.05, 0.1) is 6.04 Å². The molecule has 3 rings (SSSR count). The predicted molar refractivity (Wildman–Crippen MR) is 99.2 cm³/mol. The van der Waals surface area contributed by atoms with Crippen LogP contribution >= 0.6 is 10.2 Å². The molecule has 154 valence electrons. The molecule has 2 heterocycles. The van der Waals surface area contributed by atoms with Gasteiger partial charge in [0, 0.05) is 11.8 Å². The number of aryl methyl sites for hydroxylation is 1. The molecule has 0 unspecified atom stereocenters. The number of hydrogen-bond acceptors (Lipinski definition) is 4. The van der Waals surface area contributed by atoms with Gasteiger partial charge in [0.1, 0.15) is 17.0 Å². The van der Waals surface area contributed by atoms with Crippen molar-refractivity contribution in [3.05, 3.63) is 47.9 Å². The topological polar surface area (TPSA) is 55.1 Å². The SMILES string of the molecule is Cc1cc(N[C@@H](c2ccc(S(F)(F)(F)(F)F)cc2)C(C)(C)C)n2ncnc2n1. The van der Waals surface area contributed by atoms with Crippen LogP contribution in [0.4, 0.5) is 25.2 Å². The Hall–Kier alpha value is -2.43. The Labute approximate surface area is 158 Å². The van der Waals surface area contributed by atoms with E-state index >= 15 is 0 Å². The van der Waals surface area contributed by atoms with Crippen molar-refractivity contribution in [1.82, 2.24) is 19.6 Å². The highest BCUT2D eigenvalue weighted by Crippen LogP contribution is 3.02. The van der Waals surface area contributed by atoms with Crippen molar-refractivity contribution >= 4 is 21.8 Å². The zero-order chi connectivity index (χ0) is 21.0. The highest BCUT2D eigenvalue weighted by molar-refractivity contribution is 8.45. The number of anilines is 1. The molecule has 5 nitrogen and oxygen atoms in total. The summed E-state index contributed by atoms with van der Waals surface area (Å²) < 4.78 is 66.5. The summed E-state index contributed by atoms with van der Waals surface area (Å²) in [5.41, 5.74) is 0.646. The highest BCUT2D eigenvalue weighted by atomic mass is 32.5. The van der Waals surface area contributed by atoms with E-state index < -0.39 is 26.6 Å². The molecule has 0 aliphatic heterocycles. The molecule has 0 amide bonds. The molecule has 0 saturated carbocycles. The number of halogens is 5. The second-order valence-corrected chi connectivity index (χ2v) is 10.1. The summed E-state index contributed by atoms with van der Waals surface area (Å²) in [5, 5.41) is 7.33. The monoisotopic (exact) mass is 421 g/mol. The Morgan fingerprint density at radius 3 is 2.18 bits per heavy atom. The first-order valence-electron chi connectivity index (χ1n) is 8.32. The van der Waals surface area contributed by atoms with Crippen LogP contribution in [0.25, 0.3) is 5.78 Å². The fourth-order valence-corrected chi connectivity index (χ4v) is 3.55. The first-order valence-corrected chi connectivity index (χ1v) is 10.3. The number of rotatable bonds is 4. The minimum absolute atomic E-state index is 0.367. The van der Waals surface area contributed by atoms with E-state index in [0.29, 0.717) is 35.0 Å². The summed E-state index contributed by atoms with van der Waals surface area (Å²) in [6.45, 7) is 7.43. The average Bonchev–Trinajstić information content (AvgIpc) is 2.97. The lowest BCUT2D eigenvalue weighted by Crippen LogP contribution is -2.27. The van der Waals surface area contributed by atoms with Crippen LogP contribution in [-0.2, 0) is 0 Å². The fourth-order valence-electron chi connectivity index (χ4n) is 2.90. The molecular formula is C17H20F5N5S. The van der Waals surface area contributed by atoms with E-state index in [1.54, 1.807) is 13.0 Å². The smallest absolute Gasteiger partial charge is 0.310 e. The second-order valence-electron chi connectivity index (χ2n) is 7.74. The van der Waals surface area contributed by atoms with Gasteiger partial charge >= 0.3 is 10.2 Å². The van der Waals surface area contributed by atoms with Gasteiger partial charge in [-0.25, -0.2) is 4.98 Å². The summed E-state index contributed by atoms with van der Waals surface area (Å²) >= 11 is 0. The third-order valence-corrected chi connectivity index (χ3v) is 5.36. The summed E-state index contributed by atoms with van der Waals surface area (Å²) in [5.74, 6) is 0.906. The van der Waals surface area contributed by atoms with E-state index in [2.05, 4.69) is 20.4 Å². The van der Waals surface area contributed by atoms with E-state index in [1.165, 1.54) is 10.8 Å². The van der Waals surface area contributed by atoms with Crippen LogP contribution < -0.4 is 5.32 Å². The predicted octanol–water partition coefficient (Wildman–Crippen LogP) is 6.29. The first-order chi connectivity index (χ1) is 12.5. The molecule has 1 atom stereocenters. The Bertz CT molecular complexity index is 1020. The van der Waals surface area contributed by atoms with E-state index in [4.69, 9.17) is 0 Å². The number of aromatic nitrogens is 4. The summed E-state index contributed by atoms with van der Waals surface area (Å²) in [4.78, 5) is 6.36. The Morgan fingerprint density at radius 1 is 1.04 bits per heavy atom. The molecule has 0 spiro atoms. The van der Waals surface area contributed by atoms with E-state index in [9.17, 15) is 19.4 Å². The third kappa shape index (κ3) is 4.18. The Kier molecular flexibility index (Phi) is 4.03. The van der Waals surface area contributed by atoms with Crippen LogP contribution in [0, 0.1) is 12.3 Å². The number of fused-ring (bicyclic) bond motifs is 1. The lowest BCUT2D eigenvalue weighted by molar-refractivity contribution is 0.346. The van der Waals surface area contributed by atoms with Gasteiger partial charge < -0.3 is 5.32 Å². The quantitative estimate of drug-likeness (QED) is 0.503. The van der Waals surface area contributed by atoms with Crippen molar-refractivity contribution in [3.63, 3.8) is 0 Å². The molecule has 0 aliphatic rings. The Morgan fingerprint density at radius 2 is 1.64 bits per heavy atom. The molecule has 0 saturated heterocycles. The zero-order valence-electron chi connectivity index (χ0n) is 15.6. The van der Waals surface area contributed by atoms with Crippen LogP contribution in [0.3, 0.4) is 0 Å². The third-order valence-electron chi connectivity index (χ3n) is 4.20. The molecule has 1 aromatic carbocycles. The molecule has 3 aromatic rings. The van der Waals surface area contributed by atoms with Crippen molar-refractivity contribution in [2.45, 2.75) is 38.6 Å². The minimum Gasteiger partial charge on any atom is -0.363 e. The molecule has 0 fully saturated rings. The number of nitrogens with one attached hydrogen (secondary N) is 1. The van der Waals surface area contributed by atoms with Crippen molar-refractivity contribution in [3.8, 4) is 0 Å². The maximum absolute atomic E-state index is 13.0. The molecule has 1 N–H and O–H groups in total. The van der Waals surface area contributed by atoms with Crippen LogP contribution in [0.15, 0.2) is 41.6 Å². The van der Waals surface area contributed by atoms with Gasteiger partial charge in [-0.15, -0.1) is 0 Å². The van der Waals surface area contributed by atoms with Gasteiger partial charge in [-0.1, -0.05) is 52.3 Å². The molecule has 2 aromatic heterocycles. The van der Waals surface area contributed by atoms with Gasteiger partial charge in [0.15, 0.2) is 0 Å². The summed E-state index contributed by atoms with van der Waals surface area (Å²) in [6, 6.07) is 4.24. The molecule has 0 aliphatic carbocycles. The van der Waals surface area contributed by atoms with E-state index in [0.717, 1.165) is 12.1 Å². The van der Waals surface area contributed by atoms with Crippen LogP contribution in [0.5, 0.6) is 0 Å². The zero-order valence-corrected chi connectivity index (χ0v) is 16.4. The van der Waals surface area contributed by atoms with Crippen LogP contribution in [0.1, 0.15) is 38.1 Å². The largest absolute Gasteiger partial charge is 0.363 e. The molecule has 28 heavy (non-hydrogen) atoms. The minimum atomic E-state index is -9.71. The summed E-state index contributed by atoms with van der Waals surface area (Å²) in [6.07, 6.45) is 1.34. The second kappa shape index (κ2) is 5.56. The molecule has 0 radical (unpaired) electrons. The highest BCUT2D eigenvalue weighted by Gasteiger charge is 2.65. The van der Waals surface area contributed by atoms with Gasteiger partial charge in [-0.05, 0) is 30.0 Å². The van der Waals surface area contributed by atoms with Gasteiger partial charge in [0.25, 0.3) is 5.78 Å². The Balaban J connectivity index is 2.04. The van der Waals surface area contributed by atoms with E-state index in [-0.39, 0.29) is 0 Å². The molecule has 11 heteroatoms. The lowest BCUT2D eigenvalue weighted by Gasteiger charge is -2.41. The maximum Gasteiger partial charge on any atom is 0.310 e. The average molecular weight is 421 g/mol. The number of hydrogen-bond donors (Lipinski definition) is 1. The number of benzene rings is 1. The fraction of sp³-hybridized carbons (Fsp3) is 0.353. The lowest BCUT2D eigenvalue weighted by atomic mass is 9.82. The van der Waals surface area contributed by atoms with Crippen molar-refractivity contribution in [2.24, 2.45) is 5.41 Å². The van der Waals surface area contributed by atoms with Gasteiger partial charge in [0.2, 0.25) is 0 Å².